The van der Waals surface area contributed by atoms with Crippen LogP contribution in [0.15, 0.2) is 48.8 Å². The molecule has 0 radical (unpaired) electrons. The fraction of sp³-hybridized carbons (Fsp3) is 0.150. The van der Waals surface area contributed by atoms with Gasteiger partial charge in [0.05, 0.1) is 24.1 Å². The van der Waals surface area contributed by atoms with E-state index in [9.17, 15) is 18.4 Å². The second-order valence-electron chi connectivity index (χ2n) is 6.36. The molecule has 1 aliphatic rings. The smallest absolute Gasteiger partial charge is 0.337 e. The summed E-state index contributed by atoms with van der Waals surface area (Å²) >= 11 is 0. The van der Waals surface area contributed by atoms with Gasteiger partial charge in [-0.05, 0) is 29.8 Å². The summed E-state index contributed by atoms with van der Waals surface area (Å²) in [7, 11) is 1.30. The molecule has 1 N–H and O–H groups in total. The fourth-order valence-corrected chi connectivity index (χ4v) is 3.30. The van der Waals surface area contributed by atoms with Crippen LogP contribution in [0.2, 0.25) is 0 Å². The van der Waals surface area contributed by atoms with Crippen LogP contribution >= 0.6 is 0 Å². The quantitative estimate of drug-likeness (QED) is 0.704. The van der Waals surface area contributed by atoms with Gasteiger partial charge in [-0.25, -0.2) is 18.6 Å². The van der Waals surface area contributed by atoms with E-state index in [0.29, 0.717) is 17.1 Å². The molecule has 1 amide bonds. The number of carbonyl (C=O) groups excluding carboxylic acids is 2. The number of halogens is 2. The van der Waals surface area contributed by atoms with Crippen LogP contribution < -0.4 is 5.32 Å². The maximum atomic E-state index is 14.2. The van der Waals surface area contributed by atoms with Crippen molar-refractivity contribution < 1.29 is 23.1 Å². The highest BCUT2D eigenvalue weighted by Gasteiger charge is 2.31. The van der Waals surface area contributed by atoms with E-state index < -0.39 is 17.6 Å². The van der Waals surface area contributed by atoms with Crippen molar-refractivity contribution in [1.29, 1.82) is 0 Å². The number of nitrogens with zero attached hydrogens (tertiary/aromatic N) is 2. The van der Waals surface area contributed by atoms with Gasteiger partial charge in [0.25, 0.3) is 0 Å². The number of carbonyl (C=O) groups is 2. The number of anilines is 1. The third-order valence-corrected chi connectivity index (χ3v) is 4.68. The highest BCUT2D eigenvalue weighted by Crippen LogP contribution is 2.37. The van der Waals surface area contributed by atoms with Crippen molar-refractivity contribution in [2.75, 3.05) is 12.4 Å². The molecule has 0 saturated heterocycles. The zero-order valence-electron chi connectivity index (χ0n) is 14.8. The molecule has 0 aliphatic carbocycles. The first-order chi connectivity index (χ1) is 13.5. The Morgan fingerprint density at radius 1 is 1.21 bits per heavy atom. The van der Waals surface area contributed by atoms with Gasteiger partial charge in [-0.15, -0.1) is 0 Å². The number of rotatable bonds is 3. The van der Waals surface area contributed by atoms with Gasteiger partial charge in [0.1, 0.15) is 23.8 Å². The van der Waals surface area contributed by atoms with Crippen molar-refractivity contribution in [3.05, 3.63) is 77.2 Å². The average Bonchev–Trinajstić information content (AvgIpc) is 3.12. The minimum atomic E-state index is -0.639. The Hall–Kier alpha value is -3.55. The summed E-state index contributed by atoms with van der Waals surface area (Å²) in [6.07, 6.45) is 1.50. The maximum absolute atomic E-state index is 14.2. The molecular formula is C20H15F2N3O3. The molecule has 1 aliphatic heterocycles. The highest BCUT2D eigenvalue weighted by molar-refractivity contribution is 5.94. The van der Waals surface area contributed by atoms with E-state index in [1.54, 1.807) is 24.3 Å². The van der Waals surface area contributed by atoms with Gasteiger partial charge in [-0.3, -0.25) is 9.36 Å². The molecule has 1 unspecified atom stereocenters. The van der Waals surface area contributed by atoms with Gasteiger partial charge in [0, 0.05) is 18.4 Å². The number of methoxy groups -OCH3 is 1. The van der Waals surface area contributed by atoms with Gasteiger partial charge >= 0.3 is 5.97 Å². The van der Waals surface area contributed by atoms with Crippen molar-refractivity contribution >= 4 is 17.7 Å². The molecule has 0 saturated carbocycles. The van der Waals surface area contributed by atoms with Crippen LogP contribution in [0.4, 0.5) is 14.6 Å². The number of imidazole rings is 1. The van der Waals surface area contributed by atoms with Gasteiger partial charge in [-0.2, -0.15) is 0 Å². The first-order valence-corrected chi connectivity index (χ1v) is 8.48. The number of nitrogens with one attached hydrogen (secondary N) is 1. The van der Waals surface area contributed by atoms with E-state index in [2.05, 4.69) is 15.0 Å². The van der Waals surface area contributed by atoms with Gasteiger partial charge in [0.2, 0.25) is 5.91 Å². The molecule has 0 fully saturated rings. The first-order valence-electron chi connectivity index (χ1n) is 8.48. The molecule has 8 heteroatoms. The lowest BCUT2D eigenvalue weighted by Crippen LogP contribution is -2.25. The molecule has 1 aromatic heterocycles. The van der Waals surface area contributed by atoms with Crippen LogP contribution in [0.25, 0.3) is 5.69 Å². The van der Waals surface area contributed by atoms with Crippen LogP contribution in [-0.4, -0.2) is 28.5 Å². The molecule has 6 nitrogen and oxygen atoms in total. The van der Waals surface area contributed by atoms with Crippen molar-refractivity contribution in [1.82, 2.24) is 9.55 Å². The molecule has 142 valence electrons. The topological polar surface area (TPSA) is 73.2 Å². The Morgan fingerprint density at radius 2 is 1.96 bits per heavy atom. The zero-order chi connectivity index (χ0) is 19.8. The number of aromatic nitrogens is 2. The summed E-state index contributed by atoms with van der Waals surface area (Å²) < 4.78 is 33.8. The number of amides is 1. The van der Waals surface area contributed by atoms with E-state index in [1.807, 2.05) is 0 Å². The fourth-order valence-electron chi connectivity index (χ4n) is 3.30. The van der Waals surface area contributed by atoms with Crippen LogP contribution in [0.1, 0.15) is 34.0 Å². The summed E-state index contributed by atoms with van der Waals surface area (Å²) in [5.74, 6) is -2.06. The molecular weight excluding hydrogens is 368 g/mol. The van der Waals surface area contributed by atoms with Crippen LogP contribution in [-0.2, 0) is 9.53 Å². The summed E-state index contributed by atoms with van der Waals surface area (Å²) in [6, 6.07) is 9.74. The summed E-state index contributed by atoms with van der Waals surface area (Å²) in [4.78, 5) is 28.2. The molecule has 3 aromatic rings. The summed E-state index contributed by atoms with van der Waals surface area (Å²) in [5.41, 5.74) is 1.65. The Bertz CT molecular complexity index is 1080. The van der Waals surface area contributed by atoms with Gasteiger partial charge < -0.3 is 10.1 Å². The summed E-state index contributed by atoms with van der Waals surface area (Å²) in [5, 5.41) is 2.69. The first kappa shape index (κ1) is 17.8. The molecule has 28 heavy (non-hydrogen) atoms. The van der Waals surface area contributed by atoms with Crippen LogP contribution in [0.5, 0.6) is 0 Å². The van der Waals surface area contributed by atoms with Gasteiger partial charge in [0.15, 0.2) is 0 Å². The van der Waals surface area contributed by atoms with E-state index in [4.69, 9.17) is 0 Å². The number of fused-ring (bicyclic) bond motifs is 1. The molecule has 0 bridgehead atoms. The Labute approximate surface area is 158 Å². The van der Waals surface area contributed by atoms with Crippen molar-refractivity contribution in [2.24, 2.45) is 0 Å². The Kier molecular flexibility index (Phi) is 4.38. The predicted octanol–water partition coefficient (Wildman–Crippen LogP) is 3.41. The largest absolute Gasteiger partial charge is 0.465 e. The van der Waals surface area contributed by atoms with E-state index in [0.717, 1.165) is 23.8 Å². The number of benzene rings is 2. The number of hydrogen-bond acceptors (Lipinski definition) is 4. The highest BCUT2D eigenvalue weighted by atomic mass is 19.1. The normalized spacial score (nSPS) is 15.7. The van der Waals surface area contributed by atoms with Crippen LogP contribution in [0.3, 0.4) is 0 Å². The number of hydrogen-bond donors (Lipinski definition) is 1. The second kappa shape index (κ2) is 6.88. The lowest BCUT2D eigenvalue weighted by atomic mass is 9.89. The number of esters is 1. The van der Waals surface area contributed by atoms with Crippen LogP contribution in [0, 0.1) is 11.6 Å². The minimum Gasteiger partial charge on any atom is -0.465 e. The monoisotopic (exact) mass is 383 g/mol. The third kappa shape index (κ3) is 3.02. The second-order valence-corrected chi connectivity index (χ2v) is 6.36. The molecule has 2 heterocycles. The third-order valence-electron chi connectivity index (χ3n) is 4.68. The molecule has 2 aromatic carbocycles. The predicted molar refractivity (Wildman–Crippen MR) is 96.4 cm³/mol. The van der Waals surface area contributed by atoms with E-state index in [1.165, 1.54) is 18.0 Å². The minimum absolute atomic E-state index is 0.0456. The zero-order valence-corrected chi connectivity index (χ0v) is 14.8. The van der Waals surface area contributed by atoms with Crippen molar-refractivity contribution in [3.8, 4) is 5.69 Å². The van der Waals surface area contributed by atoms with Crippen molar-refractivity contribution in [3.63, 3.8) is 0 Å². The molecule has 4 rings (SSSR count). The Balaban J connectivity index is 1.76. The SMILES string of the molecule is COC(=O)c1ccc(C2CC(=O)Nc3c2ncn3-c2cc(F)ccc2F)cc1. The van der Waals surface area contributed by atoms with Crippen molar-refractivity contribution in [2.45, 2.75) is 12.3 Å². The maximum Gasteiger partial charge on any atom is 0.337 e. The number of ether oxygens (including phenoxy) is 1. The Morgan fingerprint density at radius 3 is 2.68 bits per heavy atom. The lowest BCUT2D eigenvalue weighted by molar-refractivity contribution is -0.116. The van der Waals surface area contributed by atoms with E-state index >= 15 is 0 Å². The standard InChI is InChI=1S/C20H15F2N3O3/c1-28-20(27)12-4-2-11(3-5-12)14-9-17(26)24-19-18(14)23-10-25(19)16-8-13(21)6-7-15(16)22/h2-8,10,14H,9H2,1H3,(H,24,26). The molecule has 1 atom stereocenters. The average molecular weight is 383 g/mol. The lowest BCUT2D eigenvalue weighted by Gasteiger charge is -2.23. The molecule has 0 spiro atoms. The van der Waals surface area contributed by atoms with E-state index in [-0.39, 0.29) is 23.9 Å². The summed E-state index contributed by atoms with van der Waals surface area (Å²) in [6.45, 7) is 0. The van der Waals surface area contributed by atoms with Gasteiger partial charge in [-0.1, -0.05) is 12.1 Å².